The standard InChI is InChI=1S/C13H11BrF2N2O/c1-2-4-11-17-10(14)7-12(18-11)19-9-6-3-5-8(15)13(9)16/h3,5-7H,2,4H2,1H3. The Balaban J connectivity index is 2.30. The van der Waals surface area contributed by atoms with E-state index in [1.54, 1.807) is 0 Å². The maximum absolute atomic E-state index is 13.5. The van der Waals surface area contributed by atoms with Crippen molar-refractivity contribution in [3.63, 3.8) is 0 Å². The molecule has 6 heteroatoms. The number of hydrogen-bond acceptors (Lipinski definition) is 3. The van der Waals surface area contributed by atoms with E-state index in [1.165, 1.54) is 18.2 Å². The first-order valence-electron chi connectivity index (χ1n) is 5.75. The van der Waals surface area contributed by atoms with Crippen LogP contribution in [0.15, 0.2) is 28.9 Å². The van der Waals surface area contributed by atoms with E-state index in [0.29, 0.717) is 16.8 Å². The van der Waals surface area contributed by atoms with E-state index >= 15 is 0 Å². The van der Waals surface area contributed by atoms with Crippen molar-refractivity contribution in [1.82, 2.24) is 9.97 Å². The van der Waals surface area contributed by atoms with Crippen molar-refractivity contribution in [3.8, 4) is 11.6 Å². The zero-order valence-corrected chi connectivity index (χ0v) is 11.7. The van der Waals surface area contributed by atoms with Crippen molar-refractivity contribution < 1.29 is 13.5 Å². The van der Waals surface area contributed by atoms with Crippen LogP contribution in [0.3, 0.4) is 0 Å². The molecule has 1 aromatic carbocycles. The van der Waals surface area contributed by atoms with Gasteiger partial charge in [0, 0.05) is 12.5 Å². The van der Waals surface area contributed by atoms with E-state index in [2.05, 4.69) is 25.9 Å². The molecule has 0 bridgehead atoms. The molecule has 0 N–H and O–H groups in total. The SMILES string of the molecule is CCCc1nc(Br)cc(Oc2cccc(F)c2F)n1. The van der Waals surface area contributed by atoms with Crippen LogP contribution in [0.4, 0.5) is 8.78 Å². The molecule has 19 heavy (non-hydrogen) atoms. The Morgan fingerprint density at radius 1 is 1.26 bits per heavy atom. The molecule has 2 rings (SSSR count). The van der Waals surface area contributed by atoms with Crippen LogP contribution >= 0.6 is 15.9 Å². The van der Waals surface area contributed by atoms with Gasteiger partial charge in [0.2, 0.25) is 11.7 Å². The smallest absolute Gasteiger partial charge is 0.223 e. The number of nitrogens with zero attached hydrogens (tertiary/aromatic N) is 2. The Labute approximate surface area is 117 Å². The fourth-order valence-corrected chi connectivity index (χ4v) is 1.91. The molecule has 0 atom stereocenters. The number of aryl methyl sites for hydroxylation is 1. The van der Waals surface area contributed by atoms with Gasteiger partial charge in [-0.15, -0.1) is 0 Å². The van der Waals surface area contributed by atoms with Gasteiger partial charge >= 0.3 is 0 Å². The van der Waals surface area contributed by atoms with Gasteiger partial charge < -0.3 is 4.74 Å². The third-order valence-corrected chi connectivity index (χ3v) is 2.73. The van der Waals surface area contributed by atoms with Crippen molar-refractivity contribution in [2.75, 3.05) is 0 Å². The molecule has 0 spiro atoms. The summed E-state index contributed by atoms with van der Waals surface area (Å²) in [5.41, 5.74) is 0. The summed E-state index contributed by atoms with van der Waals surface area (Å²) in [6, 6.07) is 5.25. The molecule has 0 radical (unpaired) electrons. The summed E-state index contributed by atoms with van der Waals surface area (Å²) >= 11 is 3.23. The minimum atomic E-state index is -1.03. The fraction of sp³-hybridized carbons (Fsp3) is 0.231. The topological polar surface area (TPSA) is 35.0 Å². The Hall–Kier alpha value is -1.56. The van der Waals surface area contributed by atoms with Crippen LogP contribution in [-0.4, -0.2) is 9.97 Å². The Kier molecular flexibility index (Phi) is 4.42. The average molecular weight is 329 g/mol. The fourth-order valence-electron chi connectivity index (χ4n) is 1.51. The highest BCUT2D eigenvalue weighted by atomic mass is 79.9. The number of aromatic nitrogens is 2. The van der Waals surface area contributed by atoms with Gasteiger partial charge in [-0.2, -0.15) is 9.37 Å². The molecule has 0 saturated heterocycles. The average Bonchev–Trinajstić information content (AvgIpc) is 2.35. The normalized spacial score (nSPS) is 10.5. The molecule has 0 aliphatic rings. The lowest BCUT2D eigenvalue weighted by molar-refractivity contribution is 0.403. The molecule has 100 valence electrons. The van der Waals surface area contributed by atoms with Crippen LogP contribution in [0.1, 0.15) is 19.2 Å². The molecule has 3 nitrogen and oxygen atoms in total. The molecule has 1 heterocycles. The summed E-state index contributed by atoms with van der Waals surface area (Å²) < 4.78 is 32.3. The van der Waals surface area contributed by atoms with Crippen LogP contribution in [-0.2, 0) is 6.42 Å². The lowest BCUT2D eigenvalue weighted by atomic mass is 10.3. The van der Waals surface area contributed by atoms with Crippen molar-refractivity contribution >= 4 is 15.9 Å². The number of halogens is 3. The lowest BCUT2D eigenvalue weighted by Crippen LogP contribution is -1.99. The summed E-state index contributed by atoms with van der Waals surface area (Å²) in [6.45, 7) is 2.00. The molecular weight excluding hydrogens is 318 g/mol. The highest BCUT2D eigenvalue weighted by Gasteiger charge is 2.11. The van der Waals surface area contributed by atoms with Crippen LogP contribution in [0.5, 0.6) is 11.6 Å². The predicted molar refractivity (Wildman–Crippen MR) is 70.2 cm³/mol. The van der Waals surface area contributed by atoms with Crippen molar-refractivity contribution in [2.24, 2.45) is 0 Å². The predicted octanol–water partition coefficient (Wildman–Crippen LogP) is 4.26. The third kappa shape index (κ3) is 3.47. The Morgan fingerprint density at radius 3 is 2.79 bits per heavy atom. The van der Waals surface area contributed by atoms with Gasteiger partial charge in [0.15, 0.2) is 11.6 Å². The maximum atomic E-state index is 13.5. The Bertz CT molecular complexity index is 593. The Morgan fingerprint density at radius 2 is 2.05 bits per heavy atom. The minimum absolute atomic E-state index is 0.176. The highest BCUT2D eigenvalue weighted by molar-refractivity contribution is 9.10. The molecule has 0 amide bonds. The van der Waals surface area contributed by atoms with Crippen molar-refractivity contribution in [2.45, 2.75) is 19.8 Å². The first-order valence-corrected chi connectivity index (χ1v) is 6.54. The van der Waals surface area contributed by atoms with Gasteiger partial charge in [-0.25, -0.2) is 9.37 Å². The van der Waals surface area contributed by atoms with Crippen molar-refractivity contribution in [3.05, 3.63) is 46.3 Å². The molecule has 0 unspecified atom stereocenters. The highest BCUT2D eigenvalue weighted by Crippen LogP contribution is 2.26. The molecule has 0 saturated carbocycles. The zero-order valence-electron chi connectivity index (χ0n) is 10.2. The summed E-state index contributed by atoms with van der Waals surface area (Å²) in [5.74, 6) is -1.43. The van der Waals surface area contributed by atoms with Crippen LogP contribution in [0.25, 0.3) is 0 Å². The van der Waals surface area contributed by atoms with Gasteiger partial charge in [-0.1, -0.05) is 13.0 Å². The molecule has 1 aromatic heterocycles. The summed E-state index contributed by atoms with van der Waals surface area (Å²) in [6.07, 6.45) is 1.56. The number of hydrogen-bond donors (Lipinski definition) is 0. The second kappa shape index (κ2) is 6.06. The molecule has 0 aliphatic carbocycles. The minimum Gasteiger partial charge on any atom is -0.436 e. The lowest BCUT2D eigenvalue weighted by Gasteiger charge is -2.07. The van der Waals surface area contributed by atoms with Gasteiger partial charge in [-0.3, -0.25) is 0 Å². The van der Waals surface area contributed by atoms with Gasteiger partial charge in [-0.05, 0) is 34.5 Å². The molecular formula is C13H11BrF2N2O. The first-order chi connectivity index (χ1) is 9.10. The number of rotatable bonds is 4. The largest absolute Gasteiger partial charge is 0.436 e. The van der Waals surface area contributed by atoms with Crippen LogP contribution < -0.4 is 4.74 Å². The second-order valence-corrected chi connectivity index (χ2v) is 4.66. The first kappa shape index (κ1) is 13.9. The van der Waals surface area contributed by atoms with Gasteiger partial charge in [0.25, 0.3) is 0 Å². The van der Waals surface area contributed by atoms with Gasteiger partial charge in [0.1, 0.15) is 10.4 Å². The quantitative estimate of drug-likeness (QED) is 0.786. The van der Waals surface area contributed by atoms with Crippen LogP contribution in [0, 0.1) is 11.6 Å². The van der Waals surface area contributed by atoms with E-state index in [9.17, 15) is 8.78 Å². The number of ether oxygens (including phenoxy) is 1. The van der Waals surface area contributed by atoms with E-state index in [4.69, 9.17) is 4.74 Å². The second-order valence-electron chi connectivity index (χ2n) is 3.85. The zero-order chi connectivity index (χ0) is 13.8. The van der Waals surface area contributed by atoms with Crippen LogP contribution in [0.2, 0.25) is 0 Å². The summed E-state index contributed by atoms with van der Waals surface area (Å²) in [5, 5.41) is 0. The monoisotopic (exact) mass is 328 g/mol. The summed E-state index contributed by atoms with van der Waals surface area (Å²) in [4.78, 5) is 8.30. The van der Waals surface area contributed by atoms with Gasteiger partial charge in [0.05, 0.1) is 0 Å². The summed E-state index contributed by atoms with van der Waals surface area (Å²) in [7, 11) is 0. The van der Waals surface area contributed by atoms with Crippen molar-refractivity contribution in [1.29, 1.82) is 0 Å². The molecule has 0 fully saturated rings. The van der Waals surface area contributed by atoms with E-state index < -0.39 is 11.6 Å². The third-order valence-electron chi connectivity index (χ3n) is 2.32. The molecule has 0 aliphatic heterocycles. The molecule has 2 aromatic rings. The van der Waals surface area contributed by atoms with E-state index in [-0.39, 0.29) is 11.6 Å². The van der Waals surface area contributed by atoms with E-state index in [1.807, 2.05) is 6.92 Å². The van der Waals surface area contributed by atoms with E-state index in [0.717, 1.165) is 12.5 Å². The number of benzene rings is 1. The maximum Gasteiger partial charge on any atom is 0.223 e.